The number of urea groups is 1. The second-order valence-electron chi connectivity index (χ2n) is 5.49. The van der Waals surface area contributed by atoms with Gasteiger partial charge in [-0.3, -0.25) is 4.79 Å². The lowest BCUT2D eigenvalue weighted by molar-refractivity contribution is -0.127. The lowest BCUT2D eigenvalue weighted by atomic mass is 10.2. The molecule has 1 atom stereocenters. The first-order valence-electron chi connectivity index (χ1n) is 7.30. The van der Waals surface area contributed by atoms with E-state index < -0.39 is 6.09 Å². The fraction of sp³-hybridized carbons (Fsp3) is 0.400. The van der Waals surface area contributed by atoms with E-state index >= 15 is 0 Å². The van der Waals surface area contributed by atoms with E-state index in [0.717, 1.165) is 10.5 Å². The first-order chi connectivity index (χ1) is 11.0. The van der Waals surface area contributed by atoms with Crippen molar-refractivity contribution in [3.63, 3.8) is 0 Å². The smallest absolute Gasteiger partial charge is 0.417 e. The lowest BCUT2D eigenvalue weighted by Crippen LogP contribution is -2.44. The molecular weight excluding hydrogens is 322 g/mol. The van der Waals surface area contributed by atoms with Crippen molar-refractivity contribution in [1.29, 1.82) is 0 Å². The van der Waals surface area contributed by atoms with Crippen LogP contribution in [0.4, 0.5) is 9.59 Å². The monoisotopic (exact) mass is 337 g/mol. The largest absolute Gasteiger partial charge is 0.439 e. The highest BCUT2D eigenvalue weighted by atomic mass is 35.5. The molecule has 4 amide bonds. The Labute approximate surface area is 138 Å². The van der Waals surface area contributed by atoms with E-state index in [-0.39, 0.29) is 24.6 Å². The minimum absolute atomic E-state index is 0.210. The molecule has 0 aliphatic carbocycles. The third-order valence-corrected chi connectivity index (χ3v) is 4.21. The maximum Gasteiger partial charge on any atom is 0.417 e. The maximum atomic E-state index is 12.2. The molecule has 3 rings (SSSR count). The van der Waals surface area contributed by atoms with E-state index in [9.17, 15) is 14.4 Å². The summed E-state index contributed by atoms with van der Waals surface area (Å²) in [7, 11) is 0. The highest BCUT2D eigenvalue weighted by molar-refractivity contribution is 6.30. The van der Waals surface area contributed by atoms with Crippen LogP contribution in [0.25, 0.3) is 0 Å². The molecule has 0 bridgehead atoms. The molecule has 2 heterocycles. The number of nitrogens with one attached hydrogen (secondary N) is 1. The predicted octanol–water partition coefficient (Wildman–Crippen LogP) is 1.60. The summed E-state index contributed by atoms with van der Waals surface area (Å²) in [6, 6.07) is 6.68. The number of nitrogens with zero attached hydrogens (tertiary/aromatic N) is 2. The van der Waals surface area contributed by atoms with Gasteiger partial charge in [0.15, 0.2) is 6.61 Å². The highest BCUT2D eigenvalue weighted by Gasteiger charge is 2.41. The molecule has 2 aliphatic rings. The Hall–Kier alpha value is -2.28. The third-order valence-electron chi connectivity index (χ3n) is 3.96. The van der Waals surface area contributed by atoms with Crippen molar-refractivity contribution >= 4 is 29.6 Å². The zero-order chi connectivity index (χ0) is 16.4. The fourth-order valence-corrected chi connectivity index (χ4v) is 2.87. The molecule has 0 unspecified atom stereocenters. The Bertz CT molecular complexity index is 618. The molecule has 1 aromatic rings. The van der Waals surface area contributed by atoms with Gasteiger partial charge in [0.1, 0.15) is 0 Å². The SMILES string of the molecule is O=C(NCc1ccc(Cl)cc1)N1CC[C@H](N2C(=O)COC2=O)C1. The zero-order valence-electron chi connectivity index (χ0n) is 12.3. The van der Waals surface area contributed by atoms with Crippen LogP contribution in [0.1, 0.15) is 12.0 Å². The zero-order valence-corrected chi connectivity index (χ0v) is 13.1. The normalized spacial score (nSPS) is 20.8. The van der Waals surface area contributed by atoms with E-state index in [0.29, 0.717) is 31.1 Å². The number of halogens is 1. The summed E-state index contributed by atoms with van der Waals surface area (Å²) in [6.07, 6.45) is -0.0571. The number of rotatable bonds is 3. The van der Waals surface area contributed by atoms with E-state index in [4.69, 9.17) is 16.3 Å². The van der Waals surface area contributed by atoms with Crippen LogP contribution in [0, 0.1) is 0 Å². The number of carbonyl (C=O) groups is 3. The molecule has 0 radical (unpaired) electrons. The molecule has 2 fully saturated rings. The van der Waals surface area contributed by atoms with E-state index in [2.05, 4.69) is 5.32 Å². The topological polar surface area (TPSA) is 79.0 Å². The fourth-order valence-electron chi connectivity index (χ4n) is 2.75. The van der Waals surface area contributed by atoms with Gasteiger partial charge in [-0.05, 0) is 24.1 Å². The van der Waals surface area contributed by atoms with Crippen molar-refractivity contribution in [2.24, 2.45) is 0 Å². The molecule has 0 saturated carbocycles. The van der Waals surface area contributed by atoms with Gasteiger partial charge in [0.25, 0.3) is 5.91 Å². The minimum atomic E-state index is -0.622. The van der Waals surface area contributed by atoms with Crippen LogP contribution in [0.3, 0.4) is 0 Å². The second-order valence-corrected chi connectivity index (χ2v) is 5.93. The third kappa shape index (κ3) is 3.39. The van der Waals surface area contributed by atoms with Crippen LogP contribution < -0.4 is 5.32 Å². The summed E-state index contributed by atoms with van der Waals surface area (Å²) < 4.78 is 4.71. The maximum absolute atomic E-state index is 12.2. The molecule has 0 aromatic heterocycles. The van der Waals surface area contributed by atoms with Gasteiger partial charge >= 0.3 is 12.1 Å². The standard InChI is InChI=1S/C15H16ClN3O4/c16-11-3-1-10(2-4-11)7-17-14(21)18-6-5-12(8-18)19-13(20)9-23-15(19)22/h1-4,12H,5-9H2,(H,17,21)/t12-/m0/s1. The van der Waals surface area contributed by atoms with Crippen LogP contribution in [-0.2, 0) is 16.1 Å². The van der Waals surface area contributed by atoms with Gasteiger partial charge in [0.2, 0.25) is 0 Å². The summed E-state index contributed by atoms with van der Waals surface area (Å²) in [5.74, 6) is -0.344. The summed E-state index contributed by atoms with van der Waals surface area (Å²) >= 11 is 5.81. The molecule has 1 aromatic carbocycles. The van der Waals surface area contributed by atoms with Gasteiger partial charge < -0.3 is 15.0 Å². The van der Waals surface area contributed by atoms with Crippen molar-refractivity contribution in [2.75, 3.05) is 19.7 Å². The summed E-state index contributed by atoms with van der Waals surface area (Å²) in [5.41, 5.74) is 0.941. The first-order valence-corrected chi connectivity index (χ1v) is 7.68. The quantitative estimate of drug-likeness (QED) is 0.908. The number of cyclic esters (lactones) is 1. The number of amides is 4. The molecule has 2 saturated heterocycles. The van der Waals surface area contributed by atoms with Crippen LogP contribution >= 0.6 is 11.6 Å². The van der Waals surface area contributed by atoms with Gasteiger partial charge in [0.05, 0.1) is 6.04 Å². The van der Waals surface area contributed by atoms with E-state index in [1.54, 1.807) is 17.0 Å². The molecular formula is C15H16ClN3O4. The number of ether oxygens (including phenoxy) is 1. The number of hydrogen-bond donors (Lipinski definition) is 1. The summed E-state index contributed by atoms with van der Waals surface area (Å²) in [4.78, 5) is 38.1. The van der Waals surface area contributed by atoms with Crippen molar-refractivity contribution in [1.82, 2.24) is 15.1 Å². The molecule has 7 nitrogen and oxygen atoms in total. The van der Waals surface area contributed by atoms with Crippen LogP contribution in [-0.4, -0.2) is 53.6 Å². The molecule has 8 heteroatoms. The van der Waals surface area contributed by atoms with Crippen molar-refractivity contribution in [3.05, 3.63) is 34.9 Å². The van der Waals surface area contributed by atoms with Gasteiger partial charge in [-0.25, -0.2) is 14.5 Å². The van der Waals surface area contributed by atoms with Gasteiger partial charge in [-0.2, -0.15) is 0 Å². The number of carbonyl (C=O) groups excluding carboxylic acids is 3. The predicted molar refractivity (Wildman–Crippen MR) is 81.9 cm³/mol. The molecule has 1 N–H and O–H groups in total. The Kier molecular flexibility index (Phi) is 4.38. The molecule has 23 heavy (non-hydrogen) atoms. The summed E-state index contributed by atoms with van der Waals surface area (Å²) in [6.45, 7) is 1.00. The van der Waals surface area contributed by atoms with E-state index in [1.807, 2.05) is 12.1 Å². The van der Waals surface area contributed by atoms with Crippen molar-refractivity contribution < 1.29 is 19.1 Å². The number of hydrogen-bond acceptors (Lipinski definition) is 4. The first kappa shape index (κ1) is 15.6. The Morgan fingerprint density at radius 3 is 2.70 bits per heavy atom. The minimum Gasteiger partial charge on any atom is -0.439 e. The van der Waals surface area contributed by atoms with Gasteiger partial charge in [0, 0.05) is 24.7 Å². The number of likely N-dealkylation sites (tertiary alicyclic amines) is 1. The highest BCUT2D eigenvalue weighted by Crippen LogP contribution is 2.20. The average molecular weight is 338 g/mol. The van der Waals surface area contributed by atoms with Crippen molar-refractivity contribution in [2.45, 2.75) is 19.0 Å². The molecule has 122 valence electrons. The number of imide groups is 1. The van der Waals surface area contributed by atoms with Crippen LogP contribution in [0.2, 0.25) is 5.02 Å². The Morgan fingerprint density at radius 1 is 1.30 bits per heavy atom. The van der Waals surface area contributed by atoms with E-state index in [1.165, 1.54) is 0 Å². The van der Waals surface area contributed by atoms with Crippen LogP contribution in [0.15, 0.2) is 24.3 Å². The Morgan fingerprint density at radius 2 is 2.04 bits per heavy atom. The van der Waals surface area contributed by atoms with Crippen LogP contribution in [0.5, 0.6) is 0 Å². The average Bonchev–Trinajstić information content (AvgIpc) is 3.13. The second kappa shape index (κ2) is 6.45. The van der Waals surface area contributed by atoms with Gasteiger partial charge in [-0.15, -0.1) is 0 Å². The van der Waals surface area contributed by atoms with Crippen molar-refractivity contribution in [3.8, 4) is 0 Å². The summed E-state index contributed by atoms with van der Waals surface area (Å²) in [5, 5.41) is 3.46. The lowest BCUT2D eigenvalue weighted by Gasteiger charge is -2.20. The number of benzene rings is 1. The molecule has 0 spiro atoms. The Balaban J connectivity index is 1.52. The van der Waals surface area contributed by atoms with Gasteiger partial charge in [-0.1, -0.05) is 23.7 Å². The molecule has 2 aliphatic heterocycles.